The van der Waals surface area contributed by atoms with Gasteiger partial charge in [-0.25, -0.2) is 0 Å². The molecule has 0 aliphatic rings. The van der Waals surface area contributed by atoms with Gasteiger partial charge in [-0.2, -0.15) is 0 Å². The number of benzene rings is 1. The van der Waals surface area contributed by atoms with Crippen LogP contribution in [0.1, 0.15) is 39.7 Å². The number of carbonyl (C=O) groups is 1. The molecule has 0 bridgehead atoms. The van der Waals surface area contributed by atoms with Crippen molar-refractivity contribution in [3.63, 3.8) is 0 Å². The number of nitrogens with two attached hydrogens (primary N) is 1. The highest BCUT2D eigenvalue weighted by Crippen LogP contribution is 2.27. The first-order valence-electron chi connectivity index (χ1n) is 7.08. The number of hydrogen-bond acceptors (Lipinski definition) is 3. The van der Waals surface area contributed by atoms with Crippen LogP contribution in [0.2, 0.25) is 0 Å². The van der Waals surface area contributed by atoms with E-state index < -0.39 is 5.41 Å². The molecular weight excluding hydrogens is 252 g/mol. The highest BCUT2D eigenvalue weighted by Gasteiger charge is 2.34. The molecule has 0 radical (unpaired) electrons. The Morgan fingerprint density at radius 1 is 1.30 bits per heavy atom. The van der Waals surface area contributed by atoms with Crippen LogP contribution in [-0.2, 0) is 10.2 Å². The molecule has 0 aromatic heterocycles. The van der Waals surface area contributed by atoms with Gasteiger partial charge in [0, 0.05) is 24.9 Å². The quantitative estimate of drug-likeness (QED) is 0.784. The molecule has 1 aromatic rings. The van der Waals surface area contributed by atoms with Gasteiger partial charge in [-0.3, -0.25) is 4.79 Å². The van der Waals surface area contributed by atoms with Crippen LogP contribution in [0.3, 0.4) is 0 Å². The van der Waals surface area contributed by atoms with Gasteiger partial charge in [0.25, 0.3) is 0 Å². The summed E-state index contributed by atoms with van der Waals surface area (Å²) in [6.45, 7) is 8.51. The van der Waals surface area contributed by atoms with Crippen LogP contribution < -0.4 is 5.73 Å². The fourth-order valence-corrected chi connectivity index (χ4v) is 2.22. The molecule has 4 nitrogen and oxygen atoms in total. The lowest BCUT2D eigenvalue weighted by Crippen LogP contribution is -2.47. The summed E-state index contributed by atoms with van der Waals surface area (Å²) in [5, 5.41) is 8.98. The minimum absolute atomic E-state index is 0.0747. The molecule has 0 aliphatic heterocycles. The molecule has 0 saturated heterocycles. The molecule has 0 saturated carbocycles. The summed E-state index contributed by atoms with van der Waals surface area (Å²) in [5.74, 6) is 0.0747. The molecular formula is C16H26N2O2. The third kappa shape index (κ3) is 3.73. The Balaban J connectivity index is 2.98. The summed E-state index contributed by atoms with van der Waals surface area (Å²) in [5.41, 5.74) is 6.74. The fourth-order valence-electron chi connectivity index (χ4n) is 2.22. The van der Waals surface area contributed by atoms with E-state index in [1.165, 1.54) is 0 Å². The van der Waals surface area contributed by atoms with E-state index in [0.29, 0.717) is 18.7 Å². The van der Waals surface area contributed by atoms with Crippen LogP contribution in [0, 0.1) is 0 Å². The molecule has 0 aliphatic carbocycles. The maximum atomic E-state index is 12.8. The first kappa shape index (κ1) is 16.5. The van der Waals surface area contributed by atoms with Crippen molar-refractivity contribution in [2.24, 2.45) is 0 Å². The molecule has 0 heterocycles. The Kier molecular flexibility index (Phi) is 5.57. The van der Waals surface area contributed by atoms with Crippen LogP contribution in [0.5, 0.6) is 0 Å². The smallest absolute Gasteiger partial charge is 0.232 e. The second-order valence-corrected chi connectivity index (χ2v) is 5.92. The Morgan fingerprint density at radius 3 is 2.30 bits per heavy atom. The Labute approximate surface area is 121 Å². The molecule has 1 amide bonds. The summed E-state index contributed by atoms with van der Waals surface area (Å²) in [4.78, 5) is 14.6. The third-order valence-electron chi connectivity index (χ3n) is 3.61. The lowest BCUT2D eigenvalue weighted by molar-refractivity contribution is -0.138. The first-order chi connectivity index (χ1) is 9.30. The summed E-state index contributed by atoms with van der Waals surface area (Å²) in [7, 11) is 0. The average molecular weight is 278 g/mol. The highest BCUT2D eigenvalue weighted by atomic mass is 16.3. The van der Waals surface area contributed by atoms with Gasteiger partial charge < -0.3 is 15.7 Å². The number of aliphatic hydroxyl groups excluding tert-OH is 1. The van der Waals surface area contributed by atoms with Crippen molar-refractivity contribution in [1.29, 1.82) is 0 Å². The number of carbonyl (C=O) groups excluding carboxylic acids is 1. The largest absolute Gasteiger partial charge is 0.399 e. The minimum Gasteiger partial charge on any atom is -0.399 e. The maximum absolute atomic E-state index is 12.8. The van der Waals surface area contributed by atoms with Crippen molar-refractivity contribution in [1.82, 2.24) is 4.90 Å². The number of rotatable bonds is 6. The first-order valence-corrected chi connectivity index (χ1v) is 7.08. The van der Waals surface area contributed by atoms with Crippen LogP contribution in [0.4, 0.5) is 5.69 Å². The molecule has 0 atom stereocenters. The summed E-state index contributed by atoms with van der Waals surface area (Å²) < 4.78 is 0. The standard InChI is InChI=1S/C16H26N2O2/c1-12(2)18(10-5-11-19)15(20)16(3,4)13-6-8-14(17)9-7-13/h6-9,12,19H,5,10-11,17H2,1-4H3. The van der Waals surface area contributed by atoms with Crippen molar-refractivity contribution in [3.05, 3.63) is 29.8 Å². The Bertz CT molecular complexity index is 438. The molecule has 20 heavy (non-hydrogen) atoms. The second-order valence-electron chi connectivity index (χ2n) is 5.92. The van der Waals surface area contributed by atoms with Gasteiger partial charge in [-0.15, -0.1) is 0 Å². The minimum atomic E-state index is -0.604. The van der Waals surface area contributed by atoms with Gasteiger partial charge >= 0.3 is 0 Å². The zero-order valence-electron chi connectivity index (χ0n) is 12.9. The fraction of sp³-hybridized carbons (Fsp3) is 0.562. The molecule has 0 fully saturated rings. The molecule has 112 valence electrons. The van der Waals surface area contributed by atoms with E-state index >= 15 is 0 Å². The van der Waals surface area contributed by atoms with Crippen LogP contribution >= 0.6 is 0 Å². The van der Waals surface area contributed by atoms with Crippen molar-refractivity contribution >= 4 is 11.6 Å². The topological polar surface area (TPSA) is 66.6 Å². The number of aliphatic hydroxyl groups is 1. The van der Waals surface area contributed by atoms with Gasteiger partial charge in [0.15, 0.2) is 0 Å². The van der Waals surface area contributed by atoms with Gasteiger partial charge in [0.05, 0.1) is 5.41 Å². The average Bonchev–Trinajstić information content (AvgIpc) is 2.39. The SMILES string of the molecule is CC(C)N(CCCO)C(=O)C(C)(C)c1ccc(N)cc1. The van der Waals surface area contributed by atoms with Crippen molar-refractivity contribution < 1.29 is 9.90 Å². The van der Waals surface area contributed by atoms with E-state index in [4.69, 9.17) is 10.8 Å². The van der Waals surface area contributed by atoms with Gasteiger partial charge in [-0.1, -0.05) is 12.1 Å². The van der Waals surface area contributed by atoms with Crippen molar-refractivity contribution in [2.75, 3.05) is 18.9 Å². The van der Waals surface area contributed by atoms with Crippen LogP contribution in [-0.4, -0.2) is 35.1 Å². The number of amides is 1. The summed E-state index contributed by atoms with van der Waals surface area (Å²) >= 11 is 0. The molecule has 0 spiro atoms. The monoisotopic (exact) mass is 278 g/mol. The molecule has 3 N–H and O–H groups in total. The molecule has 1 rings (SSSR count). The third-order valence-corrected chi connectivity index (χ3v) is 3.61. The van der Waals surface area contributed by atoms with E-state index in [0.717, 1.165) is 5.56 Å². The molecule has 0 unspecified atom stereocenters. The van der Waals surface area contributed by atoms with E-state index in [1.54, 1.807) is 0 Å². The predicted molar refractivity (Wildman–Crippen MR) is 82.4 cm³/mol. The van der Waals surface area contributed by atoms with Crippen LogP contribution in [0.25, 0.3) is 0 Å². The van der Waals surface area contributed by atoms with E-state index in [9.17, 15) is 4.79 Å². The second kappa shape index (κ2) is 6.75. The lowest BCUT2D eigenvalue weighted by Gasteiger charge is -2.35. The predicted octanol–water partition coefficient (Wildman–Crippen LogP) is 2.17. The number of hydrogen-bond donors (Lipinski definition) is 2. The highest BCUT2D eigenvalue weighted by molar-refractivity contribution is 5.87. The molecule has 4 heteroatoms. The maximum Gasteiger partial charge on any atom is 0.232 e. The van der Waals surface area contributed by atoms with E-state index in [1.807, 2.05) is 56.9 Å². The van der Waals surface area contributed by atoms with E-state index in [2.05, 4.69) is 0 Å². The number of anilines is 1. The van der Waals surface area contributed by atoms with Crippen LogP contribution in [0.15, 0.2) is 24.3 Å². The Hall–Kier alpha value is -1.55. The van der Waals surface area contributed by atoms with Gasteiger partial charge in [0.1, 0.15) is 0 Å². The van der Waals surface area contributed by atoms with Gasteiger partial charge in [0.2, 0.25) is 5.91 Å². The zero-order valence-corrected chi connectivity index (χ0v) is 12.9. The molecule has 1 aromatic carbocycles. The van der Waals surface area contributed by atoms with Crippen molar-refractivity contribution in [3.8, 4) is 0 Å². The number of nitrogens with zero attached hydrogens (tertiary/aromatic N) is 1. The normalized spacial score (nSPS) is 11.7. The zero-order chi connectivity index (χ0) is 15.3. The van der Waals surface area contributed by atoms with Crippen molar-refractivity contribution in [2.45, 2.75) is 45.6 Å². The summed E-state index contributed by atoms with van der Waals surface area (Å²) in [6, 6.07) is 7.55. The lowest BCUT2D eigenvalue weighted by atomic mass is 9.82. The Morgan fingerprint density at radius 2 is 1.85 bits per heavy atom. The number of nitrogen functional groups attached to an aromatic ring is 1. The summed E-state index contributed by atoms with van der Waals surface area (Å²) in [6.07, 6.45) is 0.599. The van der Waals surface area contributed by atoms with E-state index in [-0.39, 0.29) is 18.6 Å². The van der Waals surface area contributed by atoms with Gasteiger partial charge in [-0.05, 0) is 51.8 Å².